The number of benzene rings is 1. The summed E-state index contributed by atoms with van der Waals surface area (Å²) in [5.41, 5.74) is 3.31. The topological polar surface area (TPSA) is 56.0 Å². The number of carbonyl (C=O) groups excluding carboxylic acids is 1. The minimum absolute atomic E-state index is 0.0372. The molecule has 23 heavy (non-hydrogen) atoms. The molecule has 0 saturated carbocycles. The molecule has 0 unspecified atom stereocenters. The third kappa shape index (κ3) is 3.32. The average Bonchev–Trinajstić information content (AvgIpc) is 3.12. The molecule has 6 heteroatoms. The molecule has 0 aliphatic heterocycles. The third-order valence-corrected chi connectivity index (χ3v) is 3.93. The standard InChI is InChI=1S/C17H21N5O/c1-13(23)22-10-15(6-7-20(2)3)16-8-14(4-5-17(16)22)9-21-12-18-11-19-21/h4-5,8,10-12H,6-7,9H2,1-3H3. The highest BCUT2D eigenvalue weighted by atomic mass is 16.1. The Morgan fingerprint density at radius 2 is 2.13 bits per heavy atom. The summed E-state index contributed by atoms with van der Waals surface area (Å²) in [6.45, 7) is 3.22. The van der Waals surface area contributed by atoms with Crippen LogP contribution in [-0.4, -0.2) is 50.8 Å². The van der Waals surface area contributed by atoms with Gasteiger partial charge in [0, 0.05) is 25.1 Å². The quantitative estimate of drug-likeness (QED) is 0.723. The molecule has 0 amide bonds. The van der Waals surface area contributed by atoms with Crippen molar-refractivity contribution in [3.63, 3.8) is 0 Å². The predicted octanol–water partition coefficient (Wildman–Crippen LogP) is 2.05. The zero-order valence-corrected chi connectivity index (χ0v) is 13.7. The van der Waals surface area contributed by atoms with Crippen molar-refractivity contribution in [2.24, 2.45) is 0 Å². The molecule has 3 rings (SSSR count). The molecular formula is C17H21N5O. The maximum atomic E-state index is 11.9. The molecule has 2 aromatic heterocycles. The van der Waals surface area contributed by atoms with Crippen molar-refractivity contribution in [3.8, 4) is 0 Å². The second kappa shape index (κ2) is 6.34. The van der Waals surface area contributed by atoms with E-state index in [2.05, 4.69) is 35.1 Å². The van der Waals surface area contributed by atoms with Crippen molar-refractivity contribution in [2.45, 2.75) is 19.9 Å². The smallest absolute Gasteiger partial charge is 0.227 e. The number of aromatic nitrogens is 4. The van der Waals surface area contributed by atoms with Crippen molar-refractivity contribution in [1.29, 1.82) is 0 Å². The molecule has 0 aliphatic carbocycles. The van der Waals surface area contributed by atoms with Gasteiger partial charge in [-0.1, -0.05) is 6.07 Å². The van der Waals surface area contributed by atoms with Gasteiger partial charge in [0.2, 0.25) is 5.91 Å². The number of nitrogens with zero attached hydrogens (tertiary/aromatic N) is 5. The van der Waals surface area contributed by atoms with Gasteiger partial charge in [0.1, 0.15) is 12.7 Å². The van der Waals surface area contributed by atoms with Crippen LogP contribution in [0.4, 0.5) is 0 Å². The van der Waals surface area contributed by atoms with E-state index in [0.29, 0.717) is 6.54 Å². The second-order valence-electron chi connectivity index (χ2n) is 6.04. The largest absolute Gasteiger partial charge is 0.309 e. The van der Waals surface area contributed by atoms with Gasteiger partial charge in [-0.05, 0) is 43.8 Å². The van der Waals surface area contributed by atoms with E-state index in [1.807, 2.05) is 18.3 Å². The summed E-state index contributed by atoms with van der Waals surface area (Å²) in [5, 5.41) is 5.29. The molecule has 0 radical (unpaired) electrons. The summed E-state index contributed by atoms with van der Waals surface area (Å²) in [6.07, 6.45) is 6.12. The molecule has 0 spiro atoms. The molecule has 0 aliphatic rings. The first kappa shape index (κ1) is 15.4. The normalized spacial score (nSPS) is 11.5. The molecular weight excluding hydrogens is 290 g/mol. The Morgan fingerprint density at radius 3 is 2.78 bits per heavy atom. The van der Waals surface area contributed by atoms with Gasteiger partial charge in [-0.15, -0.1) is 0 Å². The zero-order chi connectivity index (χ0) is 16.4. The maximum absolute atomic E-state index is 11.9. The zero-order valence-electron chi connectivity index (χ0n) is 13.7. The van der Waals surface area contributed by atoms with E-state index in [9.17, 15) is 4.79 Å². The maximum Gasteiger partial charge on any atom is 0.227 e. The molecule has 0 fully saturated rings. The van der Waals surface area contributed by atoms with Gasteiger partial charge in [-0.25, -0.2) is 9.67 Å². The fourth-order valence-corrected chi connectivity index (χ4v) is 2.75. The van der Waals surface area contributed by atoms with E-state index >= 15 is 0 Å². The van der Waals surface area contributed by atoms with E-state index in [1.165, 1.54) is 11.9 Å². The van der Waals surface area contributed by atoms with E-state index in [4.69, 9.17) is 0 Å². The van der Waals surface area contributed by atoms with Gasteiger partial charge >= 0.3 is 0 Å². The molecule has 0 saturated heterocycles. The van der Waals surface area contributed by atoms with Gasteiger partial charge in [0.25, 0.3) is 0 Å². The first-order valence-electron chi connectivity index (χ1n) is 7.65. The van der Waals surface area contributed by atoms with Gasteiger partial charge < -0.3 is 4.90 Å². The number of hydrogen-bond acceptors (Lipinski definition) is 4. The minimum atomic E-state index is 0.0372. The fourth-order valence-electron chi connectivity index (χ4n) is 2.75. The Morgan fingerprint density at radius 1 is 1.30 bits per heavy atom. The number of fused-ring (bicyclic) bond motifs is 1. The minimum Gasteiger partial charge on any atom is -0.309 e. The van der Waals surface area contributed by atoms with Crippen LogP contribution in [0.25, 0.3) is 10.9 Å². The molecule has 3 aromatic rings. The molecule has 120 valence electrons. The second-order valence-corrected chi connectivity index (χ2v) is 6.04. The first-order valence-corrected chi connectivity index (χ1v) is 7.65. The van der Waals surface area contributed by atoms with Crippen molar-refractivity contribution in [2.75, 3.05) is 20.6 Å². The number of hydrogen-bond donors (Lipinski definition) is 0. The SMILES string of the molecule is CC(=O)n1cc(CCN(C)C)c2cc(Cn3cncn3)ccc21. The van der Waals surface area contributed by atoms with Crippen molar-refractivity contribution >= 4 is 16.8 Å². The summed E-state index contributed by atoms with van der Waals surface area (Å²) in [6, 6.07) is 6.21. The van der Waals surface area contributed by atoms with Crippen LogP contribution < -0.4 is 0 Å². The predicted molar refractivity (Wildman–Crippen MR) is 89.6 cm³/mol. The number of rotatable bonds is 5. The van der Waals surface area contributed by atoms with Gasteiger partial charge in [0.05, 0.1) is 12.1 Å². The van der Waals surface area contributed by atoms with Crippen LogP contribution >= 0.6 is 0 Å². The lowest BCUT2D eigenvalue weighted by molar-refractivity contribution is 0.0941. The summed E-state index contributed by atoms with van der Waals surface area (Å²) >= 11 is 0. The molecule has 0 bridgehead atoms. The summed E-state index contributed by atoms with van der Waals surface area (Å²) in [7, 11) is 4.11. The molecule has 0 atom stereocenters. The average molecular weight is 311 g/mol. The summed E-state index contributed by atoms with van der Waals surface area (Å²) < 4.78 is 3.53. The van der Waals surface area contributed by atoms with Crippen molar-refractivity contribution < 1.29 is 4.79 Å². The first-order chi connectivity index (χ1) is 11.0. The Kier molecular flexibility index (Phi) is 4.25. The number of likely N-dealkylation sites (N-methyl/N-ethyl adjacent to an activating group) is 1. The highest BCUT2D eigenvalue weighted by Gasteiger charge is 2.12. The Bertz CT molecular complexity index is 817. The lowest BCUT2D eigenvalue weighted by Crippen LogP contribution is -2.15. The molecule has 6 nitrogen and oxygen atoms in total. The third-order valence-electron chi connectivity index (χ3n) is 3.93. The molecule has 0 N–H and O–H groups in total. The van der Waals surface area contributed by atoms with Gasteiger partial charge in [-0.3, -0.25) is 9.36 Å². The highest BCUT2D eigenvalue weighted by Crippen LogP contribution is 2.24. The van der Waals surface area contributed by atoms with Crippen LogP contribution in [-0.2, 0) is 13.0 Å². The summed E-state index contributed by atoms with van der Waals surface area (Å²) in [4.78, 5) is 18.0. The van der Waals surface area contributed by atoms with Crippen LogP contribution in [0.1, 0.15) is 22.8 Å². The Hall–Kier alpha value is -2.47. The van der Waals surface area contributed by atoms with Crippen molar-refractivity contribution in [3.05, 3.63) is 48.2 Å². The van der Waals surface area contributed by atoms with E-state index < -0.39 is 0 Å². The van der Waals surface area contributed by atoms with Crippen LogP contribution in [0.5, 0.6) is 0 Å². The van der Waals surface area contributed by atoms with Gasteiger partial charge in [0.15, 0.2) is 0 Å². The Balaban J connectivity index is 2.00. The van der Waals surface area contributed by atoms with Crippen LogP contribution in [0.3, 0.4) is 0 Å². The Labute approximate surface area is 135 Å². The van der Waals surface area contributed by atoms with Crippen LogP contribution in [0.2, 0.25) is 0 Å². The lowest BCUT2D eigenvalue weighted by Gasteiger charge is -2.08. The lowest BCUT2D eigenvalue weighted by atomic mass is 10.1. The number of carbonyl (C=O) groups is 1. The van der Waals surface area contributed by atoms with E-state index in [1.54, 1.807) is 22.5 Å². The fraction of sp³-hybridized carbons (Fsp3) is 0.353. The molecule has 1 aromatic carbocycles. The van der Waals surface area contributed by atoms with Crippen LogP contribution in [0, 0.1) is 0 Å². The van der Waals surface area contributed by atoms with E-state index in [0.717, 1.165) is 29.4 Å². The monoisotopic (exact) mass is 311 g/mol. The molecule has 2 heterocycles. The highest BCUT2D eigenvalue weighted by molar-refractivity contribution is 5.94. The van der Waals surface area contributed by atoms with Crippen molar-refractivity contribution in [1.82, 2.24) is 24.2 Å². The summed E-state index contributed by atoms with van der Waals surface area (Å²) in [5.74, 6) is 0.0372. The van der Waals surface area contributed by atoms with E-state index in [-0.39, 0.29) is 5.91 Å². The van der Waals surface area contributed by atoms with Gasteiger partial charge in [-0.2, -0.15) is 5.10 Å². The van der Waals surface area contributed by atoms with Crippen LogP contribution in [0.15, 0.2) is 37.1 Å².